The lowest BCUT2D eigenvalue weighted by Crippen LogP contribution is -2.33. The molecule has 0 bridgehead atoms. The van der Waals surface area contributed by atoms with E-state index in [1.165, 1.54) is 0 Å². The molecule has 0 spiro atoms. The minimum absolute atomic E-state index is 0.111. The summed E-state index contributed by atoms with van der Waals surface area (Å²) in [6.07, 6.45) is 0.402. The second kappa shape index (κ2) is 3.76. The number of nitrogens with zero attached hydrogens (tertiary/aromatic N) is 1. The number of hydrogen-bond donors (Lipinski definition) is 0. The average molecular weight is 209 g/mol. The molecule has 0 aromatic heterocycles. The van der Waals surface area contributed by atoms with Crippen LogP contribution < -0.4 is 9.47 Å². The minimum Gasteiger partial charge on any atom is -0.493 e. The molecule has 0 saturated carbocycles. The first-order valence-electron chi connectivity index (χ1n) is 4.64. The van der Waals surface area contributed by atoms with Crippen molar-refractivity contribution in [1.82, 2.24) is 0 Å². The Morgan fingerprint density at radius 2 is 2.40 bits per heavy atom. The third-order valence-corrected chi connectivity index (χ3v) is 2.45. The van der Waals surface area contributed by atoms with Gasteiger partial charge in [-0.3, -0.25) is 10.1 Å². The molecule has 1 aromatic rings. The van der Waals surface area contributed by atoms with Crippen molar-refractivity contribution in [2.24, 2.45) is 0 Å². The van der Waals surface area contributed by atoms with E-state index in [2.05, 4.69) is 0 Å². The van der Waals surface area contributed by atoms with Crippen molar-refractivity contribution in [2.75, 3.05) is 13.7 Å². The molecule has 0 N–H and O–H groups in total. The SMILES string of the molecule is COc1cccc2c1OCC([N+](=O)[O-])C2. The van der Waals surface area contributed by atoms with Crippen molar-refractivity contribution in [1.29, 1.82) is 0 Å². The number of benzene rings is 1. The Morgan fingerprint density at radius 1 is 1.60 bits per heavy atom. The fourth-order valence-corrected chi connectivity index (χ4v) is 1.67. The quantitative estimate of drug-likeness (QED) is 0.543. The zero-order valence-electron chi connectivity index (χ0n) is 8.30. The maximum Gasteiger partial charge on any atom is 0.250 e. The lowest BCUT2D eigenvalue weighted by atomic mass is 10.0. The van der Waals surface area contributed by atoms with Crippen LogP contribution in [0.1, 0.15) is 5.56 Å². The van der Waals surface area contributed by atoms with Gasteiger partial charge in [-0.2, -0.15) is 0 Å². The molecule has 2 rings (SSSR count). The molecule has 0 saturated heterocycles. The Morgan fingerprint density at radius 3 is 3.07 bits per heavy atom. The molecule has 1 unspecified atom stereocenters. The van der Waals surface area contributed by atoms with Gasteiger partial charge in [0, 0.05) is 16.9 Å². The normalized spacial score (nSPS) is 18.9. The molecule has 0 fully saturated rings. The highest BCUT2D eigenvalue weighted by Gasteiger charge is 2.29. The molecule has 1 aromatic carbocycles. The molecular formula is C10H11NO4. The van der Waals surface area contributed by atoms with Crippen LogP contribution in [0.5, 0.6) is 11.5 Å². The second-order valence-corrected chi connectivity index (χ2v) is 3.40. The van der Waals surface area contributed by atoms with E-state index < -0.39 is 6.04 Å². The summed E-state index contributed by atoms with van der Waals surface area (Å²) < 4.78 is 10.5. The molecule has 1 aliphatic rings. The molecule has 0 radical (unpaired) electrons. The molecular weight excluding hydrogens is 198 g/mol. The van der Waals surface area contributed by atoms with Crippen molar-refractivity contribution >= 4 is 0 Å². The third kappa shape index (κ3) is 1.72. The number of nitro groups is 1. The summed E-state index contributed by atoms with van der Waals surface area (Å²) in [6, 6.07) is 4.77. The van der Waals surface area contributed by atoms with Crippen LogP contribution in [0.2, 0.25) is 0 Å². The smallest absolute Gasteiger partial charge is 0.250 e. The third-order valence-electron chi connectivity index (χ3n) is 2.45. The summed E-state index contributed by atoms with van der Waals surface area (Å²) in [5, 5.41) is 10.6. The number of para-hydroxylation sites is 1. The Hall–Kier alpha value is -1.78. The number of ether oxygens (including phenoxy) is 2. The van der Waals surface area contributed by atoms with E-state index in [0.717, 1.165) is 5.56 Å². The topological polar surface area (TPSA) is 61.6 Å². The maximum absolute atomic E-state index is 10.6. The van der Waals surface area contributed by atoms with Gasteiger partial charge in [-0.25, -0.2) is 0 Å². The molecule has 0 amide bonds. The zero-order valence-corrected chi connectivity index (χ0v) is 8.30. The fraction of sp³-hybridized carbons (Fsp3) is 0.400. The summed E-state index contributed by atoms with van der Waals surface area (Å²) in [5.41, 5.74) is 0.835. The predicted molar refractivity (Wildman–Crippen MR) is 53.0 cm³/mol. The highest BCUT2D eigenvalue weighted by Crippen LogP contribution is 2.34. The standard InChI is InChI=1S/C10H11NO4/c1-14-9-4-2-3-7-5-8(11(12)13)6-15-10(7)9/h2-4,8H,5-6H2,1H3. The van der Waals surface area contributed by atoms with Crippen LogP contribution >= 0.6 is 0 Å². The van der Waals surface area contributed by atoms with Gasteiger partial charge in [0.25, 0.3) is 6.04 Å². The molecule has 1 heterocycles. The molecule has 1 atom stereocenters. The predicted octanol–water partition coefficient (Wildman–Crippen LogP) is 1.28. The van der Waals surface area contributed by atoms with E-state index in [0.29, 0.717) is 17.9 Å². The summed E-state index contributed by atoms with van der Waals surface area (Å²) in [5.74, 6) is 1.27. The Kier molecular flexibility index (Phi) is 2.45. The van der Waals surface area contributed by atoms with E-state index in [4.69, 9.17) is 9.47 Å². The minimum atomic E-state index is -0.649. The fourth-order valence-electron chi connectivity index (χ4n) is 1.67. The highest BCUT2D eigenvalue weighted by atomic mass is 16.6. The number of fused-ring (bicyclic) bond motifs is 1. The van der Waals surface area contributed by atoms with Crippen LogP contribution in [0.25, 0.3) is 0 Å². The number of hydrogen-bond acceptors (Lipinski definition) is 4. The van der Waals surface area contributed by atoms with Gasteiger partial charge in [0.05, 0.1) is 7.11 Å². The highest BCUT2D eigenvalue weighted by molar-refractivity contribution is 5.47. The Bertz CT molecular complexity index is 391. The van der Waals surface area contributed by atoms with Crippen LogP contribution in [-0.2, 0) is 6.42 Å². The zero-order chi connectivity index (χ0) is 10.8. The van der Waals surface area contributed by atoms with Gasteiger partial charge in [-0.15, -0.1) is 0 Å². The van der Waals surface area contributed by atoms with E-state index in [-0.39, 0.29) is 11.5 Å². The second-order valence-electron chi connectivity index (χ2n) is 3.40. The monoisotopic (exact) mass is 209 g/mol. The summed E-state index contributed by atoms with van der Waals surface area (Å²) in [6.45, 7) is 0.111. The van der Waals surface area contributed by atoms with Gasteiger partial charge in [0.15, 0.2) is 18.1 Å². The Balaban J connectivity index is 2.31. The lowest BCUT2D eigenvalue weighted by molar-refractivity contribution is -0.525. The van der Waals surface area contributed by atoms with E-state index >= 15 is 0 Å². The van der Waals surface area contributed by atoms with Gasteiger partial charge in [-0.1, -0.05) is 12.1 Å². The van der Waals surface area contributed by atoms with Crippen LogP contribution in [-0.4, -0.2) is 24.7 Å². The van der Waals surface area contributed by atoms with Gasteiger partial charge in [-0.05, 0) is 6.07 Å². The largest absolute Gasteiger partial charge is 0.493 e. The molecule has 5 nitrogen and oxygen atoms in total. The first-order valence-corrected chi connectivity index (χ1v) is 4.64. The van der Waals surface area contributed by atoms with Crippen molar-refractivity contribution in [3.05, 3.63) is 33.9 Å². The number of rotatable bonds is 2. The van der Waals surface area contributed by atoms with Crippen LogP contribution in [0.15, 0.2) is 18.2 Å². The summed E-state index contributed by atoms with van der Waals surface area (Å²) in [7, 11) is 1.55. The number of methoxy groups -OCH3 is 1. The molecule has 1 aliphatic heterocycles. The van der Waals surface area contributed by atoms with Crippen LogP contribution in [0, 0.1) is 10.1 Å². The van der Waals surface area contributed by atoms with Gasteiger partial charge in [0.2, 0.25) is 0 Å². The molecule has 5 heteroatoms. The summed E-state index contributed by atoms with van der Waals surface area (Å²) in [4.78, 5) is 10.3. The Labute approximate surface area is 86.8 Å². The van der Waals surface area contributed by atoms with Crippen molar-refractivity contribution < 1.29 is 14.4 Å². The van der Waals surface area contributed by atoms with E-state index in [9.17, 15) is 10.1 Å². The van der Waals surface area contributed by atoms with Crippen molar-refractivity contribution in [2.45, 2.75) is 12.5 Å². The van der Waals surface area contributed by atoms with Gasteiger partial charge >= 0.3 is 0 Å². The van der Waals surface area contributed by atoms with Gasteiger partial charge in [0.1, 0.15) is 0 Å². The van der Waals surface area contributed by atoms with Crippen LogP contribution in [0.3, 0.4) is 0 Å². The van der Waals surface area contributed by atoms with Crippen LogP contribution in [0.4, 0.5) is 0 Å². The van der Waals surface area contributed by atoms with E-state index in [1.54, 1.807) is 13.2 Å². The first-order chi connectivity index (χ1) is 7.22. The average Bonchev–Trinajstić information content (AvgIpc) is 2.27. The lowest BCUT2D eigenvalue weighted by Gasteiger charge is -2.21. The van der Waals surface area contributed by atoms with Crippen molar-refractivity contribution in [3.63, 3.8) is 0 Å². The van der Waals surface area contributed by atoms with Gasteiger partial charge < -0.3 is 9.47 Å². The summed E-state index contributed by atoms with van der Waals surface area (Å²) >= 11 is 0. The first kappa shape index (κ1) is 9.76. The van der Waals surface area contributed by atoms with E-state index in [1.807, 2.05) is 12.1 Å². The molecule has 0 aliphatic carbocycles. The molecule has 15 heavy (non-hydrogen) atoms. The molecule has 80 valence electrons. The maximum atomic E-state index is 10.6. The van der Waals surface area contributed by atoms with Crippen molar-refractivity contribution in [3.8, 4) is 11.5 Å².